The van der Waals surface area contributed by atoms with Crippen molar-refractivity contribution < 1.29 is 0 Å². The van der Waals surface area contributed by atoms with E-state index in [1.165, 1.54) is 77.3 Å². The molecule has 10 rings (SSSR count). The highest BCUT2D eigenvalue weighted by Gasteiger charge is 2.30. The van der Waals surface area contributed by atoms with Crippen molar-refractivity contribution in [2.45, 2.75) is 0 Å². The van der Waals surface area contributed by atoms with Crippen LogP contribution < -0.4 is 4.90 Å². The molecule has 0 aliphatic carbocycles. The van der Waals surface area contributed by atoms with Crippen LogP contribution in [-0.4, -0.2) is 9.55 Å². The van der Waals surface area contributed by atoms with Crippen molar-refractivity contribution >= 4 is 49.6 Å². The average Bonchev–Trinajstić information content (AvgIpc) is 3.51. The highest BCUT2D eigenvalue weighted by Crippen LogP contribution is 2.55. The van der Waals surface area contributed by atoms with Gasteiger partial charge in [0.1, 0.15) is 0 Å². The first kappa shape index (κ1) is 26.7. The first-order valence-electron chi connectivity index (χ1n) is 16.4. The molecule has 1 aliphatic rings. The third-order valence-electron chi connectivity index (χ3n) is 9.74. The molecule has 0 spiro atoms. The molecule has 7 aromatic carbocycles. The number of rotatable bonds is 4. The molecular formula is C45H29N3. The molecule has 3 heteroatoms. The van der Waals surface area contributed by atoms with Crippen molar-refractivity contribution in [3.05, 3.63) is 176 Å². The van der Waals surface area contributed by atoms with E-state index in [4.69, 9.17) is 0 Å². The molecule has 1 aliphatic heterocycles. The second kappa shape index (κ2) is 10.5. The van der Waals surface area contributed by atoms with Gasteiger partial charge in [-0.1, -0.05) is 115 Å². The van der Waals surface area contributed by atoms with E-state index in [-0.39, 0.29) is 0 Å². The third kappa shape index (κ3) is 3.98. The largest absolute Gasteiger partial charge is 0.309 e. The number of benzene rings is 7. The Morgan fingerprint density at radius 3 is 1.88 bits per heavy atom. The zero-order chi connectivity index (χ0) is 31.6. The number of para-hydroxylation sites is 1. The van der Waals surface area contributed by atoms with E-state index in [0.717, 1.165) is 11.4 Å². The number of pyridine rings is 1. The molecule has 0 saturated carbocycles. The molecule has 3 nitrogen and oxygen atoms in total. The smallest absolute Gasteiger partial charge is 0.0645 e. The molecule has 0 bridgehead atoms. The summed E-state index contributed by atoms with van der Waals surface area (Å²) >= 11 is 0. The number of hydrogen-bond donors (Lipinski definition) is 0. The molecule has 224 valence electrons. The van der Waals surface area contributed by atoms with E-state index in [1.807, 2.05) is 18.5 Å². The van der Waals surface area contributed by atoms with Crippen molar-refractivity contribution in [3.8, 4) is 39.1 Å². The summed E-state index contributed by atoms with van der Waals surface area (Å²) in [5.74, 6) is 0. The maximum atomic E-state index is 4.58. The fourth-order valence-electron chi connectivity index (χ4n) is 7.71. The fraction of sp³-hybridized carbons (Fsp3) is 0. The molecule has 0 saturated heterocycles. The number of aromatic nitrogens is 2. The molecule has 0 unspecified atom stereocenters. The summed E-state index contributed by atoms with van der Waals surface area (Å²) in [4.78, 5) is 7.00. The van der Waals surface area contributed by atoms with Crippen molar-refractivity contribution in [3.63, 3.8) is 0 Å². The summed E-state index contributed by atoms with van der Waals surface area (Å²) in [7, 11) is 0. The first-order chi connectivity index (χ1) is 23.8. The van der Waals surface area contributed by atoms with Crippen LogP contribution >= 0.6 is 0 Å². The van der Waals surface area contributed by atoms with Crippen LogP contribution in [-0.2, 0) is 0 Å². The lowest BCUT2D eigenvalue weighted by Crippen LogP contribution is -2.15. The van der Waals surface area contributed by atoms with Crippen molar-refractivity contribution in [2.24, 2.45) is 0 Å². The fourth-order valence-corrected chi connectivity index (χ4v) is 7.71. The van der Waals surface area contributed by atoms with Crippen LogP contribution in [0, 0.1) is 0 Å². The van der Waals surface area contributed by atoms with Gasteiger partial charge in [0.05, 0.1) is 34.3 Å². The topological polar surface area (TPSA) is 21.1 Å². The molecule has 0 radical (unpaired) electrons. The lowest BCUT2D eigenvalue weighted by Gasteiger charge is -2.34. The second-order valence-electron chi connectivity index (χ2n) is 12.4. The zero-order valence-corrected chi connectivity index (χ0v) is 26.1. The number of hydrogen-bond acceptors (Lipinski definition) is 2. The number of nitrogens with zero attached hydrogens (tertiary/aromatic N) is 3. The first-order valence-corrected chi connectivity index (χ1v) is 16.4. The lowest BCUT2D eigenvalue weighted by molar-refractivity contribution is 1.18. The molecule has 0 N–H and O–H groups in total. The quantitative estimate of drug-likeness (QED) is 0.197. The van der Waals surface area contributed by atoms with Crippen LogP contribution in [0.3, 0.4) is 0 Å². The highest BCUT2D eigenvalue weighted by atomic mass is 15.2. The van der Waals surface area contributed by atoms with Crippen LogP contribution in [0.4, 0.5) is 17.1 Å². The van der Waals surface area contributed by atoms with Gasteiger partial charge in [0.25, 0.3) is 0 Å². The van der Waals surface area contributed by atoms with Gasteiger partial charge in [0, 0.05) is 33.6 Å². The standard InChI is InChI=1S/C45H29N3/c1-3-12-30(13-4-1)33-26-34(31-14-5-2-6-15-31)28-36(27-33)47-40-21-8-7-19-39(40)44-42(47)24-23-38-37-20-9-16-32-17-10-22-41(43(32)37)48(45(38)44)35-18-11-25-46-29-35/h1-29H. The van der Waals surface area contributed by atoms with Gasteiger partial charge < -0.3 is 9.47 Å². The van der Waals surface area contributed by atoms with Crippen LogP contribution in [0.5, 0.6) is 0 Å². The van der Waals surface area contributed by atoms with E-state index < -0.39 is 0 Å². The van der Waals surface area contributed by atoms with E-state index in [1.54, 1.807) is 0 Å². The predicted octanol–water partition coefficient (Wildman–Crippen LogP) is 12.1. The van der Waals surface area contributed by atoms with Crippen molar-refractivity contribution in [2.75, 3.05) is 4.90 Å². The zero-order valence-electron chi connectivity index (χ0n) is 26.1. The molecule has 0 amide bonds. The van der Waals surface area contributed by atoms with Crippen molar-refractivity contribution in [1.29, 1.82) is 0 Å². The van der Waals surface area contributed by atoms with Gasteiger partial charge in [-0.05, 0) is 81.7 Å². The molecule has 0 atom stereocenters. The van der Waals surface area contributed by atoms with Gasteiger partial charge in [0.15, 0.2) is 0 Å². The summed E-state index contributed by atoms with van der Waals surface area (Å²) in [6.07, 6.45) is 3.82. The van der Waals surface area contributed by atoms with E-state index in [2.05, 4.69) is 172 Å². The minimum Gasteiger partial charge on any atom is -0.309 e. The van der Waals surface area contributed by atoms with Crippen LogP contribution in [0.15, 0.2) is 176 Å². The molecule has 2 aromatic heterocycles. The molecule has 0 fully saturated rings. The van der Waals surface area contributed by atoms with Gasteiger partial charge in [0.2, 0.25) is 0 Å². The Kier molecular flexibility index (Phi) is 5.87. The average molecular weight is 612 g/mol. The normalized spacial score (nSPS) is 12.1. The molecule has 48 heavy (non-hydrogen) atoms. The monoisotopic (exact) mass is 611 g/mol. The van der Waals surface area contributed by atoms with Gasteiger partial charge >= 0.3 is 0 Å². The summed E-state index contributed by atoms with van der Waals surface area (Å²) < 4.78 is 2.45. The minimum atomic E-state index is 1.04. The minimum absolute atomic E-state index is 1.04. The molecular weight excluding hydrogens is 583 g/mol. The summed E-state index contributed by atoms with van der Waals surface area (Å²) in [6.45, 7) is 0. The van der Waals surface area contributed by atoms with E-state index >= 15 is 0 Å². The van der Waals surface area contributed by atoms with Crippen LogP contribution in [0.1, 0.15) is 0 Å². The van der Waals surface area contributed by atoms with Crippen LogP contribution in [0.2, 0.25) is 0 Å². The predicted molar refractivity (Wildman–Crippen MR) is 201 cm³/mol. The van der Waals surface area contributed by atoms with Gasteiger partial charge in [-0.25, -0.2) is 0 Å². The Bertz CT molecular complexity index is 2590. The third-order valence-corrected chi connectivity index (χ3v) is 9.74. The Morgan fingerprint density at radius 2 is 1.15 bits per heavy atom. The second-order valence-corrected chi connectivity index (χ2v) is 12.4. The lowest BCUT2D eigenvalue weighted by atomic mass is 9.89. The van der Waals surface area contributed by atoms with Crippen molar-refractivity contribution in [1.82, 2.24) is 9.55 Å². The Hall–Kier alpha value is -6.45. The highest BCUT2D eigenvalue weighted by molar-refractivity contribution is 6.24. The van der Waals surface area contributed by atoms with Gasteiger partial charge in [-0.3, -0.25) is 4.98 Å². The van der Waals surface area contributed by atoms with Gasteiger partial charge in [-0.15, -0.1) is 0 Å². The van der Waals surface area contributed by atoms with E-state index in [0.29, 0.717) is 0 Å². The number of anilines is 3. The Morgan fingerprint density at radius 1 is 0.438 bits per heavy atom. The van der Waals surface area contributed by atoms with Gasteiger partial charge in [-0.2, -0.15) is 0 Å². The molecule has 9 aromatic rings. The van der Waals surface area contributed by atoms with E-state index in [9.17, 15) is 0 Å². The summed E-state index contributed by atoms with van der Waals surface area (Å²) in [5.41, 5.74) is 14.1. The maximum Gasteiger partial charge on any atom is 0.0645 e. The molecule has 3 heterocycles. The summed E-state index contributed by atoms with van der Waals surface area (Å²) in [5, 5.41) is 4.95. The summed E-state index contributed by atoms with van der Waals surface area (Å²) in [6, 6.07) is 59.3. The number of fused-ring (bicyclic) bond motifs is 6. The maximum absolute atomic E-state index is 4.58. The Balaban J connectivity index is 1.33. The SMILES string of the molecule is c1ccc(-c2cc(-c3ccccc3)cc(-n3c4ccccc4c4c5c(ccc43)-c3cccc4cccc(c34)N5c3cccnc3)c2)cc1. The Labute approximate surface area is 278 Å². The van der Waals surface area contributed by atoms with Crippen LogP contribution in [0.25, 0.3) is 71.6 Å².